The van der Waals surface area contributed by atoms with Crippen LogP contribution in [0.2, 0.25) is 0 Å². The predicted octanol–water partition coefficient (Wildman–Crippen LogP) is 3.56. The Hall–Kier alpha value is -2.66. The van der Waals surface area contributed by atoms with E-state index in [1.165, 1.54) is 19.3 Å². The Balaban J connectivity index is 1.61. The maximum Gasteiger partial charge on any atom is 0.251 e. The summed E-state index contributed by atoms with van der Waals surface area (Å²) in [6, 6.07) is 16.4. The van der Waals surface area contributed by atoms with Gasteiger partial charge >= 0.3 is 0 Å². The highest BCUT2D eigenvalue weighted by molar-refractivity contribution is 5.99. The minimum absolute atomic E-state index is 0.0623. The van der Waals surface area contributed by atoms with Crippen LogP contribution in [-0.4, -0.2) is 17.9 Å². The molecule has 0 spiro atoms. The van der Waals surface area contributed by atoms with E-state index in [1.54, 1.807) is 31.2 Å². The van der Waals surface area contributed by atoms with Crippen molar-refractivity contribution in [3.05, 3.63) is 65.7 Å². The van der Waals surface area contributed by atoms with Crippen molar-refractivity contribution in [3.8, 4) is 0 Å². The van der Waals surface area contributed by atoms with Crippen molar-refractivity contribution in [1.82, 2.24) is 5.32 Å². The number of benzene rings is 2. The minimum atomic E-state index is -1.14. The average molecular weight is 365 g/mol. The van der Waals surface area contributed by atoms with Crippen LogP contribution < -0.4 is 16.4 Å². The van der Waals surface area contributed by atoms with Gasteiger partial charge in [-0.25, -0.2) is 0 Å². The summed E-state index contributed by atoms with van der Waals surface area (Å²) in [5.41, 5.74) is 7.04. The highest BCUT2D eigenvalue weighted by atomic mass is 16.2. The number of carbonyl (C=O) groups is 2. The summed E-state index contributed by atoms with van der Waals surface area (Å²) < 4.78 is 0. The molecule has 142 valence electrons. The fraction of sp³-hybridized carbons (Fsp3) is 0.364. The summed E-state index contributed by atoms with van der Waals surface area (Å²) in [5.74, 6) is -0.360. The van der Waals surface area contributed by atoms with E-state index >= 15 is 0 Å². The first-order valence-corrected chi connectivity index (χ1v) is 9.53. The van der Waals surface area contributed by atoms with E-state index in [2.05, 4.69) is 10.6 Å². The molecule has 0 heterocycles. The van der Waals surface area contributed by atoms with Gasteiger partial charge in [0.2, 0.25) is 5.91 Å². The zero-order valence-electron chi connectivity index (χ0n) is 15.7. The lowest BCUT2D eigenvalue weighted by atomic mass is 9.92. The Labute approximate surface area is 160 Å². The van der Waals surface area contributed by atoms with E-state index < -0.39 is 5.54 Å². The highest BCUT2D eigenvalue weighted by Crippen LogP contribution is 2.21. The van der Waals surface area contributed by atoms with Gasteiger partial charge in [0.05, 0.1) is 0 Å². The first-order chi connectivity index (χ1) is 13.0. The van der Waals surface area contributed by atoms with Gasteiger partial charge in [0, 0.05) is 17.3 Å². The van der Waals surface area contributed by atoms with E-state index in [-0.39, 0.29) is 17.9 Å². The Bertz CT molecular complexity index is 779. The minimum Gasteiger partial charge on any atom is -0.349 e. The summed E-state index contributed by atoms with van der Waals surface area (Å²) in [7, 11) is 0. The molecular weight excluding hydrogens is 338 g/mol. The van der Waals surface area contributed by atoms with Crippen molar-refractivity contribution in [2.24, 2.45) is 5.73 Å². The predicted molar refractivity (Wildman–Crippen MR) is 107 cm³/mol. The van der Waals surface area contributed by atoms with Gasteiger partial charge in [0.15, 0.2) is 0 Å². The smallest absolute Gasteiger partial charge is 0.251 e. The van der Waals surface area contributed by atoms with Crippen LogP contribution in [0, 0.1) is 0 Å². The van der Waals surface area contributed by atoms with Gasteiger partial charge in [0.1, 0.15) is 5.54 Å². The number of anilines is 1. The van der Waals surface area contributed by atoms with E-state index in [0.29, 0.717) is 11.3 Å². The second-order valence-electron chi connectivity index (χ2n) is 7.41. The van der Waals surface area contributed by atoms with Crippen molar-refractivity contribution in [2.45, 2.75) is 50.6 Å². The molecule has 2 amide bonds. The van der Waals surface area contributed by atoms with Crippen LogP contribution in [0.1, 0.15) is 54.9 Å². The summed E-state index contributed by atoms with van der Waals surface area (Å²) in [6.45, 7) is 1.68. The maximum absolute atomic E-state index is 12.6. The normalized spacial score (nSPS) is 17.0. The van der Waals surface area contributed by atoms with Gasteiger partial charge in [-0.05, 0) is 49.6 Å². The molecule has 5 heteroatoms. The molecule has 0 saturated heterocycles. The van der Waals surface area contributed by atoms with Gasteiger partial charge in [-0.15, -0.1) is 0 Å². The number of amides is 2. The van der Waals surface area contributed by atoms with Crippen molar-refractivity contribution >= 4 is 17.5 Å². The highest BCUT2D eigenvalue weighted by Gasteiger charge is 2.30. The number of hydrogen-bond donors (Lipinski definition) is 3. The molecule has 1 atom stereocenters. The lowest BCUT2D eigenvalue weighted by molar-refractivity contribution is -0.120. The molecule has 1 fully saturated rings. The molecule has 2 aromatic carbocycles. The molecule has 1 saturated carbocycles. The van der Waals surface area contributed by atoms with Gasteiger partial charge in [-0.1, -0.05) is 49.6 Å². The molecule has 27 heavy (non-hydrogen) atoms. The molecule has 1 aliphatic carbocycles. The largest absolute Gasteiger partial charge is 0.349 e. The van der Waals surface area contributed by atoms with Crippen LogP contribution in [0.25, 0.3) is 0 Å². The van der Waals surface area contributed by atoms with E-state index in [0.717, 1.165) is 18.4 Å². The third-order valence-corrected chi connectivity index (χ3v) is 5.19. The molecule has 0 radical (unpaired) electrons. The van der Waals surface area contributed by atoms with Crippen molar-refractivity contribution in [1.29, 1.82) is 0 Å². The van der Waals surface area contributed by atoms with E-state index in [9.17, 15) is 9.59 Å². The van der Waals surface area contributed by atoms with E-state index in [1.807, 2.05) is 30.3 Å². The zero-order valence-corrected chi connectivity index (χ0v) is 15.7. The maximum atomic E-state index is 12.6. The summed E-state index contributed by atoms with van der Waals surface area (Å²) in [4.78, 5) is 25.0. The van der Waals surface area contributed by atoms with Gasteiger partial charge in [-0.3, -0.25) is 9.59 Å². The lowest BCUT2D eigenvalue weighted by Gasteiger charge is -2.24. The third-order valence-electron chi connectivity index (χ3n) is 5.19. The van der Waals surface area contributed by atoms with Crippen LogP contribution in [0.4, 0.5) is 5.69 Å². The standard InChI is InChI=1S/C22H27N3O2/c1-22(23,17-8-4-2-5-9-17)21(27)25-19-14-12-16(13-15-19)20(26)24-18-10-6-3-7-11-18/h2,4-5,8-9,12-15,18H,3,6-7,10-11,23H2,1H3,(H,24,26)(H,25,27). The molecule has 4 N–H and O–H groups in total. The Morgan fingerprint density at radius 1 is 0.963 bits per heavy atom. The van der Waals surface area contributed by atoms with Crippen molar-refractivity contribution in [3.63, 3.8) is 0 Å². The lowest BCUT2D eigenvalue weighted by Crippen LogP contribution is -2.45. The quantitative estimate of drug-likeness (QED) is 0.757. The molecule has 5 nitrogen and oxygen atoms in total. The topological polar surface area (TPSA) is 84.2 Å². The number of carbonyl (C=O) groups excluding carboxylic acids is 2. The molecular formula is C22H27N3O2. The second kappa shape index (κ2) is 8.35. The Kier molecular flexibility index (Phi) is 5.91. The zero-order chi connectivity index (χ0) is 19.3. The fourth-order valence-corrected chi connectivity index (χ4v) is 3.40. The fourth-order valence-electron chi connectivity index (χ4n) is 3.40. The monoisotopic (exact) mass is 365 g/mol. The van der Waals surface area contributed by atoms with Crippen LogP contribution >= 0.6 is 0 Å². The van der Waals surface area contributed by atoms with E-state index in [4.69, 9.17) is 5.73 Å². The van der Waals surface area contributed by atoms with Crippen LogP contribution in [0.5, 0.6) is 0 Å². The van der Waals surface area contributed by atoms with Gasteiger partial charge in [-0.2, -0.15) is 0 Å². The van der Waals surface area contributed by atoms with Crippen LogP contribution in [-0.2, 0) is 10.3 Å². The van der Waals surface area contributed by atoms with Crippen LogP contribution in [0.3, 0.4) is 0 Å². The number of nitrogens with two attached hydrogens (primary N) is 1. The van der Waals surface area contributed by atoms with Crippen molar-refractivity contribution in [2.75, 3.05) is 5.32 Å². The second-order valence-corrected chi connectivity index (χ2v) is 7.41. The summed E-state index contributed by atoms with van der Waals surface area (Å²) in [5, 5.41) is 5.93. The number of hydrogen-bond acceptors (Lipinski definition) is 3. The molecule has 3 rings (SSSR count). The first kappa shape index (κ1) is 19.1. The number of nitrogens with one attached hydrogen (secondary N) is 2. The first-order valence-electron chi connectivity index (χ1n) is 9.53. The number of rotatable bonds is 5. The van der Waals surface area contributed by atoms with Gasteiger partial charge in [0.25, 0.3) is 5.91 Å². The summed E-state index contributed by atoms with van der Waals surface area (Å²) in [6.07, 6.45) is 5.71. The molecule has 0 aromatic heterocycles. The van der Waals surface area contributed by atoms with Gasteiger partial charge < -0.3 is 16.4 Å². The Morgan fingerprint density at radius 3 is 2.22 bits per heavy atom. The molecule has 0 bridgehead atoms. The molecule has 0 aliphatic heterocycles. The molecule has 1 unspecified atom stereocenters. The molecule has 1 aliphatic rings. The van der Waals surface area contributed by atoms with Crippen molar-refractivity contribution < 1.29 is 9.59 Å². The molecule has 2 aromatic rings. The van der Waals surface area contributed by atoms with Crippen LogP contribution in [0.15, 0.2) is 54.6 Å². The SMILES string of the molecule is CC(N)(C(=O)Nc1ccc(C(=O)NC2CCCCC2)cc1)c1ccccc1. The summed E-state index contributed by atoms with van der Waals surface area (Å²) >= 11 is 0. The average Bonchev–Trinajstić information content (AvgIpc) is 2.70. The Morgan fingerprint density at radius 2 is 1.59 bits per heavy atom. The third kappa shape index (κ3) is 4.74.